The minimum Gasteiger partial charge on any atom is -0.497 e. The third-order valence-corrected chi connectivity index (χ3v) is 8.74. The molecule has 0 atom stereocenters. The zero-order valence-electron chi connectivity index (χ0n) is 25.9. The number of benzene rings is 5. The number of esters is 3. The maximum Gasteiger partial charge on any atom is 0.343 e. The van der Waals surface area contributed by atoms with Crippen LogP contribution in [0.15, 0.2) is 127 Å². The van der Waals surface area contributed by atoms with Crippen molar-refractivity contribution < 1.29 is 33.3 Å². The van der Waals surface area contributed by atoms with Crippen LogP contribution in [0, 0.1) is 7.14 Å². The minimum atomic E-state index is -0.595. The lowest BCUT2D eigenvalue weighted by atomic mass is 9.99. The molecule has 0 fully saturated rings. The second-order valence-electron chi connectivity index (χ2n) is 10.5. The smallest absolute Gasteiger partial charge is 0.343 e. The van der Waals surface area contributed by atoms with Gasteiger partial charge < -0.3 is 18.9 Å². The molecule has 0 saturated heterocycles. The number of hydrogen-bond donors (Lipinski definition) is 0. The van der Waals surface area contributed by atoms with Crippen molar-refractivity contribution in [2.75, 3.05) is 7.11 Å². The summed E-state index contributed by atoms with van der Waals surface area (Å²) in [6.07, 6.45) is 3.05. The fourth-order valence-electron chi connectivity index (χ4n) is 4.44. The third kappa shape index (κ3) is 8.98. The van der Waals surface area contributed by atoms with E-state index in [-0.39, 0.29) is 22.6 Å². The molecule has 240 valence electrons. The molecule has 0 heterocycles. The zero-order valence-corrected chi connectivity index (χ0v) is 30.2. The van der Waals surface area contributed by atoms with Gasteiger partial charge in [0.2, 0.25) is 0 Å². The van der Waals surface area contributed by atoms with Crippen LogP contribution < -0.4 is 18.9 Å². The Bertz CT molecular complexity index is 2010. The van der Waals surface area contributed by atoms with E-state index in [0.717, 1.165) is 37.1 Å². The van der Waals surface area contributed by atoms with Gasteiger partial charge in [0.25, 0.3) is 0 Å². The molecule has 0 aromatic heterocycles. The van der Waals surface area contributed by atoms with Crippen LogP contribution in [0.5, 0.6) is 23.0 Å². The summed E-state index contributed by atoms with van der Waals surface area (Å²) in [5.41, 5.74) is 5.80. The van der Waals surface area contributed by atoms with E-state index in [2.05, 4.69) is 59.5 Å². The van der Waals surface area contributed by atoms with Crippen molar-refractivity contribution in [1.29, 1.82) is 0 Å². The molecule has 48 heavy (non-hydrogen) atoms. The van der Waals surface area contributed by atoms with Gasteiger partial charge in [-0.2, -0.15) is 0 Å². The van der Waals surface area contributed by atoms with Crippen LogP contribution in [0.2, 0.25) is 0 Å². The molecule has 0 aliphatic carbocycles. The van der Waals surface area contributed by atoms with E-state index in [4.69, 9.17) is 18.9 Å². The van der Waals surface area contributed by atoms with Crippen LogP contribution in [-0.2, 0) is 9.59 Å². The second kappa shape index (κ2) is 15.9. The Morgan fingerprint density at radius 1 is 0.646 bits per heavy atom. The van der Waals surface area contributed by atoms with Gasteiger partial charge in [-0.3, -0.25) is 0 Å². The van der Waals surface area contributed by atoms with Crippen LogP contribution in [0.4, 0.5) is 0 Å². The van der Waals surface area contributed by atoms with Crippen molar-refractivity contribution in [3.63, 3.8) is 0 Å². The number of hydrogen-bond acceptors (Lipinski definition) is 7. The maximum absolute atomic E-state index is 12.6. The van der Waals surface area contributed by atoms with Gasteiger partial charge in [0, 0.05) is 15.2 Å². The predicted octanol–water partition coefficient (Wildman–Crippen LogP) is 9.56. The third-order valence-electron chi connectivity index (χ3n) is 7.00. The molecule has 5 aromatic rings. The zero-order chi connectivity index (χ0) is 34.2. The molecule has 5 rings (SSSR count). The lowest BCUT2D eigenvalue weighted by Gasteiger charge is -2.09. The molecule has 0 aliphatic heterocycles. The van der Waals surface area contributed by atoms with E-state index < -0.39 is 17.9 Å². The van der Waals surface area contributed by atoms with E-state index in [0.29, 0.717) is 9.32 Å². The van der Waals surface area contributed by atoms with Gasteiger partial charge >= 0.3 is 17.9 Å². The Morgan fingerprint density at radius 2 is 1.23 bits per heavy atom. The van der Waals surface area contributed by atoms with Gasteiger partial charge in [0.1, 0.15) is 23.0 Å². The lowest BCUT2D eigenvalue weighted by molar-refractivity contribution is -0.130. The molecule has 7 nitrogen and oxygen atoms in total. The number of carbonyl (C=O) groups is 3. The number of carbonyl (C=O) groups excluding carboxylic acids is 3. The predicted molar refractivity (Wildman–Crippen MR) is 202 cm³/mol. The lowest BCUT2D eigenvalue weighted by Crippen LogP contribution is -2.10. The highest BCUT2D eigenvalue weighted by atomic mass is 127. The van der Waals surface area contributed by atoms with E-state index in [9.17, 15) is 14.4 Å². The Balaban J connectivity index is 1.15. The van der Waals surface area contributed by atoms with Crippen molar-refractivity contribution in [2.24, 2.45) is 0 Å². The molecule has 0 spiro atoms. The topological polar surface area (TPSA) is 88.1 Å². The van der Waals surface area contributed by atoms with Gasteiger partial charge in [-0.1, -0.05) is 55.1 Å². The standard InChI is InChI=1S/C39H28I2O7/c1-24(2)38(43)46-30-15-13-29(14-16-30)39(44)47-32-18-20-36(35(41)23-32)48-37(42)21-6-25-4-7-26(8-5-25)27-9-11-28(12-10-27)33-19-17-31(45-3)22-34(33)40/h4-23H,1H2,2-3H3/b21-6+. The Labute approximate surface area is 305 Å². The fraction of sp³-hybridized carbons (Fsp3) is 0.0513. The molecule has 5 aromatic carbocycles. The fourth-order valence-corrected chi connectivity index (χ4v) is 5.83. The van der Waals surface area contributed by atoms with Gasteiger partial charge in [-0.15, -0.1) is 0 Å². The van der Waals surface area contributed by atoms with E-state index in [1.165, 1.54) is 30.3 Å². The van der Waals surface area contributed by atoms with Crippen LogP contribution in [0.1, 0.15) is 22.8 Å². The van der Waals surface area contributed by atoms with Gasteiger partial charge in [0.05, 0.1) is 16.2 Å². The first-order valence-corrected chi connectivity index (χ1v) is 16.7. The first-order valence-electron chi connectivity index (χ1n) is 14.5. The second-order valence-corrected chi connectivity index (χ2v) is 12.8. The maximum atomic E-state index is 12.6. The summed E-state index contributed by atoms with van der Waals surface area (Å²) in [5.74, 6) is 0.0385. The average Bonchev–Trinajstić information content (AvgIpc) is 3.09. The SMILES string of the molecule is C=C(C)C(=O)Oc1ccc(C(=O)Oc2ccc(OC(=O)/C=C/c3ccc(-c4ccc(-c5ccc(OC)cc5I)cc4)cc3)c(I)c2)cc1. The van der Waals surface area contributed by atoms with Crippen molar-refractivity contribution >= 4 is 69.2 Å². The molecular weight excluding hydrogens is 834 g/mol. The van der Waals surface area contributed by atoms with Gasteiger partial charge in [0.15, 0.2) is 0 Å². The number of halogens is 2. The number of rotatable bonds is 10. The summed E-state index contributed by atoms with van der Waals surface area (Å²) in [4.78, 5) is 36.8. The molecule has 0 radical (unpaired) electrons. The van der Waals surface area contributed by atoms with Crippen LogP contribution >= 0.6 is 45.2 Å². The summed E-state index contributed by atoms with van der Waals surface area (Å²) in [6, 6.07) is 33.0. The monoisotopic (exact) mass is 862 g/mol. The molecule has 0 bridgehead atoms. The largest absolute Gasteiger partial charge is 0.497 e. The molecule has 0 saturated carbocycles. The molecule has 0 aliphatic rings. The summed E-state index contributed by atoms with van der Waals surface area (Å²) in [7, 11) is 1.66. The highest BCUT2D eigenvalue weighted by Crippen LogP contribution is 2.31. The molecule has 9 heteroatoms. The first-order chi connectivity index (χ1) is 23.1. The van der Waals surface area contributed by atoms with Crippen molar-refractivity contribution in [3.05, 3.63) is 146 Å². The normalized spacial score (nSPS) is 10.8. The molecular formula is C39H28I2O7. The molecule has 0 unspecified atom stereocenters. The Morgan fingerprint density at radius 3 is 1.83 bits per heavy atom. The summed E-state index contributed by atoms with van der Waals surface area (Å²) in [5, 5.41) is 0. The first kappa shape index (κ1) is 34.6. The summed E-state index contributed by atoms with van der Waals surface area (Å²) >= 11 is 4.33. The van der Waals surface area contributed by atoms with Crippen LogP contribution in [0.25, 0.3) is 28.3 Å². The quantitative estimate of drug-likeness (QED) is 0.0599. The number of methoxy groups -OCH3 is 1. The minimum absolute atomic E-state index is 0.267. The van der Waals surface area contributed by atoms with Crippen LogP contribution in [0.3, 0.4) is 0 Å². The number of ether oxygens (including phenoxy) is 4. The van der Waals surface area contributed by atoms with Crippen molar-refractivity contribution in [3.8, 4) is 45.3 Å². The van der Waals surface area contributed by atoms with E-state index in [1.54, 1.807) is 38.3 Å². The van der Waals surface area contributed by atoms with Crippen molar-refractivity contribution in [2.45, 2.75) is 6.92 Å². The average molecular weight is 862 g/mol. The van der Waals surface area contributed by atoms with E-state index >= 15 is 0 Å². The highest BCUT2D eigenvalue weighted by Gasteiger charge is 2.13. The van der Waals surface area contributed by atoms with Crippen molar-refractivity contribution in [1.82, 2.24) is 0 Å². The Hall–Kier alpha value is -4.75. The van der Waals surface area contributed by atoms with Gasteiger partial charge in [-0.25, -0.2) is 14.4 Å². The summed E-state index contributed by atoms with van der Waals surface area (Å²) < 4.78 is 23.1. The van der Waals surface area contributed by atoms with Crippen LogP contribution in [-0.4, -0.2) is 25.0 Å². The highest BCUT2D eigenvalue weighted by molar-refractivity contribution is 14.1. The van der Waals surface area contributed by atoms with Gasteiger partial charge in [-0.05, 0) is 147 Å². The summed E-state index contributed by atoms with van der Waals surface area (Å²) in [6.45, 7) is 5.08. The Kier molecular flexibility index (Phi) is 11.5. The molecule has 0 amide bonds. The molecule has 0 N–H and O–H groups in total. The van der Waals surface area contributed by atoms with E-state index in [1.807, 2.05) is 59.0 Å².